The van der Waals surface area contributed by atoms with Crippen LogP contribution in [-0.4, -0.2) is 12.6 Å². The van der Waals surface area contributed by atoms with E-state index in [0.29, 0.717) is 11.3 Å². The second-order valence-electron chi connectivity index (χ2n) is 5.68. The Morgan fingerprint density at radius 3 is 2.72 bits per heavy atom. The van der Waals surface area contributed by atoms with Crippen molar-refractivity contribution in [3.05, 3.63) is 70.8 Å². The van der Waals surface area contributed by atoms with E-state index in [1.165, 1.54) is 0 Å². The van der Waals surface area contributed by atoms with Crippen LogP contribution in [0.4, 0.5) is 0 Å². The summed E-state index contributed by atoms with van der Waals surface area (Å²) in [6.07, 6.45) is 0. The van der Waals surface area contributed by atoms with Crippen molar-refractivity contribution in [1.82, 2.24) is 0 Å². The van der Waals surface area contributed by atoms with Gasteiger partial charge in [-0.05, 0) is 30.2 Å². The van der Waals surface area contributed by atoms with Gasteiger partial charge in [-0.1, -0.05) is 42.5 Å². The SMILES string of the molecule is CCOC(=O)C1=C(C)OC(N)=C(C#N)C1c1cccc2ccccc12. The minimum atomic E-state index is -0.621. The summed E-state index contributed by atoms with van der Waals surface area (Å²) >= 11 is 0. The lowest BCUT2D eigenvalue weighted by molar-refractivity contribution is -0.139. The van der Waals surface area contributed by atoms with Crippen molar-refractivity contribution in [3.8, 4) is 6.07 Å². The van der Waals surface area contributed by atoms with Crippen LogP contribution in [0.1, 0.15) is 25.3 Å². The normalized spacial score (nSPS) is 17.2. The lowest BCUT2D eigenvalue weighted by Gasteiger charge is -2.27. The molecule has 1 atom stereocenters. The molecular formula is C20H18N2O3. The molecule has 0 aromatic heterocycles. The molecule has 25 heavy (non-hydrogen) atoms. The second kappa shape index (κ2) is 6.70. The highest BCUT2D eigenvalue weighted by Gasteiger charge is 2.36. The van der Waals surface area contributed by atoms with Gasteiger partial charge in [0, 0.05) is 0 Å². The number of nitrogens with zero attached hydrogens (tertiary/aromatic N) is 1. The Morgan fingerprint density at radius 2 is 2.00 bits per heavy atom. The van der Waals surface area contributed by atoms with Crippen LogP contribution < -0.4 is 5.73 Å². The summed E-state index contributed by atoms with van der Waals surface area (Å²) in [5.74, 6) is -0.749. The van der Waals surface area contributed by atoms with Crippen molar-refractivity contribution in [1.29, 1.82) is 5.26 Å². The molecule has 0 spiro atoms. The molecule has 3 rings (SSSR count). The molecule has 0 saturated carbocycles. The summed E-state index contributed by atoms with van der Waals surface area (Å²) in [5.41, 5.74) is 7.28. The van der Waals surface area contributed by atoms with Gasteiger partial charge in [-0.2, -0.15) is 5.26 Å². The highest BCUT2D eigenvalue weighted by molar-refractivity contribution is 5.95. The fraction of sp³-hybridized carbons (Fsp3) is 0.200. The Morgan fingerprint density at radius 1 is 1.28 bits per heavy atom. The summed E-state index contributed by atoms with van der Waals surface area (Å²) in [7, 11) is 0. The number of benzene rings is 2. The lowest BCUT2D eigenvalue weighted by atomic mass is 9.81. The smallest absolute Gasteiger partial charge is 0.338 e. The van der Waals surface area contributed by atoms with E-state index in [1.54, 1.807) is 13.8 Å². The molecule has 1 aliphatic rings. The molecule has 5 heteroatoms. The third-order valence-corrected chi connectivity index (χ3v) is 4.24. The Labute approximate surface area is 145 Å². The van der Waals surface area contributed by atoms with Crippen LogP contribution >= 0.6 is 0 Å². The highest BCUT2D eigenvalue weighted by atomic mass is 16.5. The summed E-state index contributed by atoms with van der Waals surface area (Å²) < 4.78 is 10.6. The predicted octanol–water partition coefficient (Wildman–Crippen LogP) is 3.48. The largest absolute Gasteiger partial charge is 0.463 e. The number of carbonyl (C=O) groups excluding carboxylic acids is 1. The fourth-order valence-corrected chi connectivity index (χ4v) is 3.17. The van der Waals surface area contributed by atoms with Gasteiger partial charge in [0.05, 0.1) is 18.1 Å². The molecule has 2 N–H and O–H groups in total. The first-order valence-corrected chi connectivity index (χ1v) is 8.01. The number of fused-ring (bicyclic) bond motifs is 1. The third-order valence-electron chi connectivity index (χ3n) is 4.24. The number of ether oxygens (including phenoxy) is 2. The second-order valence-corrected chi connectivity index (χ2v) is 5.68. The first-order chi connectivity index (χ1) is 12.1. The number of rotatable bonds is 3. The van der Waals surface area contributed by atoms with E-state index < -0.39 is 11.9 Å². The van der Waals surface area contributed by atoms with E-state index in [9.17, 15) is 10.1 Å². The van der Waals surface area contributed by atoms with Crippen molar-refractivity contribution in [3.63, 3.8) is 0 Å². The van der Waals surface area contributed by atoms with E-state index in [0.717, 1.165) is 16.3 Å². The van der Waals surface area contributed by atoms with Gasteiger partial charge < -0.3 is 15.2 Å². The zero-order chi connectivity index (χ0) is 18.0. The van der Waals surface area contributed by atoms with Gasteiger partial charge in [0.1, 0.15) is 17.4 Å². The number of carbonyl (C=O) groups is 1. The number of hydrogen-bond donors (Lipinski definition) is 1. The summed E-state index contributed by atoms with van der Waals surface area (Å²) in [4.78, 5) is 12.6. The number of hydrogen-bond acceptors (Lipinski definition) is 5. The number of esters is 1. The van der Waals surface area contributed by atoms with Gasteiger partial charge in [-0.3, -0.25) is 0 Å². The maximum absolute atomic E-state index is 12.6. The molecule has 126 valence electrons. The monoisotopic (exact) mass is 334 g/mol. The van der Waals surface area contributed by atoms with E-state index in [2.05, 4.69) is 6.07 Å². The average Bonchev–Trinajstić information content (AvgIpc) is 2.60. The van der Waals surface area contributed by atoms with Crippen molar-refractivity contribution >= 4 is 16.7 Å². The summed E-state index contributed by atoms with van der Waals surface area (Å²) in [5, 5.41) is 11.6. The molecule has 0 amide bonds. The van der Waals surface area contributed by atoms with Crippen LogP contribution in [0.2, 0.25) is 0 Å². The summed E-state index contributed by atoms with van der Waals surface area (Å²) in [6, 6.07) is 15.7. The van der Waals surface area contributed by atoms with E-state index in [1.807, 2.05) is 42.5 Å². The van der Waals surface area contributed by atoms with Gasteiger partial charge in [0.25, 0.3) is 0 Å². The predicted molar refractivity (Wildman–Crippen MR) is 93.9 cm³/mol. The molecule has 2 aromatic rings. The molecule has 1 aliphatic heterocycles. The van der Waals surface area contributed by atoms with Crippen LogP contribution in [0.3, 0.4) is 0 Å². The van der Waals surface area contributed by atoms with Crippen LogP contribution in [-0.2, 0) is 14.3 Å². The van der Waals surface area contributed by atoms with Crippen molar-refractivity contribution in [2.24, 2.45) is 5.73 Å². The zero-order valence-electron chi connectivity index (χ0n) is 14.1. The number of allylic oxidation sites excluding steroid dienone is 2. The molecule has 1 unspecified atom stereocenters. The highest BCUT2D eigenvalue weighted by Crippen LogP contribution is 2.41. The van der Waals surface area contributed by atoms with Crippen molar-refractivity contribution < 1.29 is 14.3 Å². The van der Waals surface area contributed by atoms with Crippen LogP contribution in [0.15, 0.2) is 65.3 Å². The van der Waals surface area contributed by atoms with E-state index >= 15 is 0 Å². The van der Waals surface area contributed by atoms with Gasteiger partial charge in [-0.25, -0.2) is 4.79 Å². The molecule has 0 saturated heterocycles. The van der Waals surface area contributed by atoms with Gasteiger partial charge in [0.15, 0.2) is 0 Å². The van der Waals surface area contributed by atoms with Crippen molar-refractivity contribution in [2.45, 2.75) is 19.8 Å². The Kier molecular flexibility index (Phi) is 4.44. The minimum absolute atomic E-state index is 0.0194. The van der Waals surface area contributed by atoms with Gasteiger partial charge in [0.2, 0.25) is 5.88 Å². The van der Waals surface area contributed by atoms with Gasteiger partial charge >= 0.3 is 5.97 Å². The maximum atomic E-state index is 12.6. The molecule has 0 bridgehead atoms. The quantitative estimate of drug-likeness (QED) is 0.869. The zero-order valence-corrected chi connectivity index (χ0v) is 14.1. The minimum Gasteiger partial charge on any atom is -0.463 e. The number of nitrogens with two attached hydrogens (primary N) is 1. The molecule has 0 fully saturated rings. The van der Waals surface area contributed by atoms with E-state index in [-0.39, 0.29) is 18.1 Å². The Balaban J connectivity index is 2.28. The fourth-order valence-electron chi connectivity index (χ4n) is 3.17. The van der Waals surface area contributed by atoms with Gasteiger partial charge in [-0.15, -0.1) is 0 Å². The number of nitriles is 1. The Hall–Kier alpha value is -3.26. The summed E-state index contributed by atoms with van der Waals surface area (Å²) in [6.45, 7) is 3.63. The Bertz CT molecular complexity index is 946. The first kappa shape index (κ1) is 16.6. The van der Waals surface area contributed by atoms with Crippen LogP contribution in [0.5, 0.6) is 0 Å². The molecular weight excluding hydrogens is 316 g/mol. The van der Waals surface area contributed by atoms with Crippen LogP contribution in [0, 0.1) is 11.3 Å². The molecule has 2 aromatic carbocycles. The third kappa shape index (κ3) is 2.83. The van der Waals surface area contributed by atoms with Crippen molar-refractivity contribution in [2.75, 3.05) is 6.61 Å². The maximum Gasteiger partial charge on any atom is 0.338 e. The molecule has 5 nitrogen and oxygen atoms in total. The standard InChI is InChI=1S/C20H18N2O3/c1-3-24-20(23)17-12(2)25-19(22)16(11-21)18(17)15-10-6-8-13-7-4-5-9-14(13)15/h4-10,18H,3,22H2,1-2H3. The molecule has 0 radical (unpaired) electrons. The van der Waals surface area contributed by atoms with E-state index in [4.69, 9.17) is 15.2 Å². The molecule has 1 heterocycles. The lowest BCUT2D eigenvalue weighted by Crippen LogP contribution is -2.25. The molecule has 0 aliphatic carbocycles. The first-order valence-electron chi connectivity index (χ1n) is 8.01. The average molecular weight is 334 g/mol. The topological polar surface area (TPSA) is 85.3 Å². The van der Waals surface area contributed by atoms with Crippen LogP contribution in [0.25, 0.3) is 10.8 Å².